The highest BCUT2D eigenvalue weighted by molar-refractivity contribution is 5.90. The summed E-state index contributed by atoms with van der Waals surface area (Å²) in [5.41, 5.74) is 6.61. The first kappa shape index (κ1) is 20.1. The van der Waals surface area contributed by atoms with Crippen molar-refractivity contribution in [3.05, 3.63) is 29.6 Å². The zero-order valence-electron chi connectivity index (χ0n) is 16.7. The summed E-state index contributed by atoms with van der Waals surface area (Å²) in [5, 5.41) is 0. The number of fused-ring (bicyclic) bond motifs is 3. The maximum atomic E-state index is 11.7. The van der Waals surface area contributed by atoms with E-state index in [1.54, 1.807) is 6.20 Å². The van der Waals surface area contributed by atoms with Crippen LogP contribution in [-0.4, -0.2) is 42.5 Å². The quantitative estimate of drug-likeness (QED) is 0.816. The summed E-state index contributed by atoms with van der Waals surface area (Å²) in [4.78, 5) is 18.5. The van der Waals surface area contributed by atoms with E-state index in [0.717, 1.165) is 36.4 Å². The van der Waals surface area contributed by atoms with Crippen LogP contribution in [0.15, 0.2) is 18.3 Å². The van der Waals surface area contributed by atoms with Gasteiger partial charge in [-0.3, -0.25) is 9.78 Å². The first-order chi connectivity index (χ1) is 13.1. The molecule has 4 fully saturated rings. The van der Waals surface area contributed by atoms with Crippen molar-refractivity contribution in [2.75, 3.05) is 26.7 Å². The number of carbonyl (C=O) groups is 1. The molecule has 2 bridgehead atoms. The monoisotopic (exact) mass is 405 g/mol. The Kier molecular flexibility index (Phi) is 5.45. The number of hydrogen-bond acceptors (Lipinski definition) is 4. The van der Waals surface area contributed by atoms with Crippen LogP contribution in [0.25, 0.3) is 0 Å². The number of primary amides is 1. The lowest BCUT2D eigenvalue weighted by atomic mass is 9.62. The lowest BCUT2D eigenvalue weighted by Gasteiger charge is -2.55. The van der Waals surface area contributed by atoms with Crippen LogP contribution in [0.5, 0.6) is 0 Å². The number of amides is 1. The van der Waals surface area contributed by atoms with Crippen molar-refractivity contribution >= 4 is 18.3 Å². The van der Waals surface area contributed by atoms with Gasteiger partial charge in [0.25, 0.3) is 5.91 Å². The third kappa shape index (κ3) is 3.25. The molecule has 1 saturated heterocycles. The van der Waals surface area contributed by atoms with Crippen molar-refractivity contribution in [3.8, 4) is 0 Å². The molecule has 0 aromatic carbocycles. The Morgan fingerprint density at radius 2 is 1.93 bits per heavy atom. The molecule has 4 aliphatic rings. The molecule has 1 unspecified atom stereocenters. The minimum absolute atomic E-state index is 0. The van der Waals surface area contributed by atoms with Crippen LogP contribution in [0.1, 0.15) is 54.6 Å². The molecular formula is C22H32ClN3O2. The van der Waals surface area contributed by atoms with Crippen LogP contribution < -0.4 is 5.73 Å². The molecule has 154 valence electrons. The Morgan fingerprint density at radius 3 is 2.54 bits per heavy atom. The Balaban J connectivity index is 0.00000192. The first-order valence-corrected chi connectivity index (χ1v) is 10.6. The lowest BCUT2D eigenvalue weighted by molar-refractivity contribution is -0.170. The van der Waals surface area contributed by atoms with Gasteiger partial charge in [0.15, 0.2) is 0 Å². The SMILES string of the molecule is COC1(c2ccnc(C(N)=O)c2)[C@@H]2CCC[C@H]1CN(C[C@@H]1C[C@@H]3C[C@@H]3C1)C2.Cl. The highest BCUT2D eigenvalue weighted by Crippen LogP contribution is 2.55. The molecule has 5 nitrogen and oxygen atoms in total. The van der Waals surface area contributed by atoms with Gasteiger partial charge in [-0.05, 0) is 67.6 Å². The van der Waals surface area contributed by atoms with Gasteiger partial charge in [0, 0.05) is 44.8 Å². The minimum atomic E-state index is -0.467. The number of piperidine rings is 1. The Bertz CT molecular complexity index is 718. The number of carbonyl (C=O) groups excluding carboxylic acids is 1. The predicted octanol–water partition coefficient (Wildman–Crippen LogP) is 3.22. The summed E-state index contributed by atoms with van der Waals surface area (Å²) in [6.45, 7) is 3.47. The van der Waals surface area contributed by atoms with E-state index in [1.807, 2.05) is 19.2 Å². The summed E-state index contributed by atoms with van der Waals surface area (Å²) in [6.07, 6.45) is 9.77. The van der Waals surface area contributed by atoms with Crippen LogP contribution in [0, 0.1) is 29.6 Å². The van der Waals surface area contributed by atoms with Crippen molar-refractivity contribution in [3.63, 3.8) is 0 Å². The van der Waals surface area contributed by atoms with Crippen molar-refractivity contribution in [2.45, 2.75) is 44.1 Å². The van der Waals surface area contributed by atoms with E-state index in [-0.39, 0.29) is 18.0 Å². The van der Waals surface area contributed by atoms with E-state index in [2.05, 4.69) is 9.88 Å². The second kappa shape index (κ2) is 7.58. The molecular weight excluding hydrogens is 374 g/mol. The summed E-state index contributed by atoms with van der Waals surface area (Å²) in [5.74, 6) is 3.49. The Hall–Kier alpha value is -1.17. The standard InChI is InChI=1S/C22H31N3O2.ClH/c1-27-22(17-5-6-24-20(10-17)21(23)26)18-3-2-4-19(22)13-25(12-18)11-14-7-15-9-16(15)8-14;/h5-6,10,14-16,18-19H,2-4,7-9,11-13H2,1H3,(H2,23,26);1H/t14-,15-,16+,18-,19+,22?;. The van der Waals surface area contributed by atoms with E-state index in [0.29, 0.717) is 17.5 Å². The average Bonchev–Trinajstić information content (AvgIpc) is 3.27. The highest BCUT2D eigenvalue weighted by atomic mass is 35.5. The topological polar surface area (TPSA) is 68.5 Å². The molecule has 2 N–H and O–H groups in total. The van der Waals surface area contributed by atoms with Gasteiger partial charge in [0.1, 0.15) is 11.3 Å². The van der Waals surface area contributed by atoms with Gasteiger partial charge in [0.2, 0.25) is 0 Å². The molecule has 0 spiro atoms. The van der Waals surface area contributed by atoms with Gasteiger partial charge < -0.3 is 15.4 Å². The van der Waals surface area contributed by atoms with Crippen LogP contribution in [0.2, 0.25) is 0 Å². The minimum Gasteiger partial charge on any atom is -0.373 e. The molecule has 2 heterocycles. The fourth-order valence-electron chi connectivity index (χ4n) is 6.76. The normalized spacial score (nSPS) is 39.1. The van der Waals surface area contributed by atoms with Crippen LogP contribution in [-0.2, 0) is 10.3 Å². The van der Waals surface area contributed by atoms with E-state index in [9.17, 15) is 4.79 Å². The number of hydrogen-bond donors (Lipinski definition) is 1. The number of nitrogens with two attached hydrogens (primary N) is 1. The van der Waals surface area contributed by atoms with Crippen LogP contribution >= 0.6 is 12.4 Å². The van der Waals surface area contributed by atoms with Crippen LogP contribution in [0.4, 0.5) is 0 Å². The van der Waals surface area contributed by atoms with Crippen molar-refractivity contribution < 1.29 is 9.53 Å². The molecule has 3 saturated carbocycles. The van der Waals surface area contributed by atoms with Gasteiger partial charge in [-0.1, -0.05) is 6.42 Å². The number of pyridine rings is 1. The molecule has 3 aliphatic carbocycles. The Morgan fingerprint density at radius 1 is 1.25 bits per heavy atom. The molecule has 6 heteroatoms. The third-order valence-electron chi connectivity index (χ3n) is 7.93. The smallest absolute Gasteiger partial charge is 0.267 e. The molecule has 28 heavy (non-hydrogen) atoms. The number of halogens is 1. The maximum absolute atomic E-state index is 11.7. The molecule has 5 rings (SSSR count). The number of aromatic nitrogens is 1. The Labute approximate surface area is 173 Å². The van der Waals surface area contributed by atoms with Gasteiger partial charge >= 0.3 is 0 Å². The summed E-state index contributed by atoms with van der Waals surface area (Å²) < 4.78 is 6.30. The van der Waals surface area contributed by atoms with Crippen LogP contribution in [0.3, 0.4) is 0 Å². The predicted molar refractivity (Wildman–Crippen MR) is 110 cm³/mol. The highest BCUT2D eigenvalue weighted by Gasteiger charge is 2.54. The number of ether oxygens (including phenoxy) is 1. The van der Waals surface area contributed by atoms with Gasteiger partial charge in [0.05, 0.1) is 0 Å². The maximum Gasteiger partial charge on any atom is 0.267 e. The van der Waals surface area contributed by atoms with Crippen molar-refractivity contribution in [1.82, 2.24) is 9.88 Å². The average molecular weight is 406 g/mol. The van der Waals surface area contributed by atoms with Gasteiger partial charge in [-0.25, -0.2) is 0 Å². The zero-order valence-corrected chi connectivity index (χ0v) is 17.5. The van der Waals surface area contributed by atoms with E-state index in [1.165, 1.54) is 45.1 Å². The van der Waals surface area contributed by atoms with Crippen molar-refractivity contribution in [2.24, 2.45) is 35.3 Å². The van der Waals surface area contributed by atoms with Crippen molar-refractivity contribution in [1.29, 1.82) is 0 Å². The largest absolute Gasteiger partial charge is 0.373 e. The lowest BCUT2D eigenvalue weighted by Crippen LogP contribution is -2.59. The molecule has 1 amide bonds. The van der Waals surface area contributed by atoms with Gasteiger partial charge in [-0.2, -0.15) is 0 Å². The van der Waals surface area contributed by atoms with E-state index >= 15 is 0 Å². The fraction of sp³-hybridized carbons (Fsp3) is 0.727. The third-order valence-corrected chi connectivity index (χ3v) is 7.93. The molecule has 1 aromatic heterocycles. The number of rotatable bonds is 5. The zero-order chi connectivity index (χ0) is 18.6. The first-order valence-electron chi connectivity index (χ1n) is 10.6. The fourth-order valence-corrected chi connectivity index (χ4v) is 6.76. The molecule has 1 aromatic rings. The number of methoxy groups -OCH3 is 1. The van der Waals surface area contributed by atoms with E-state index in [4.69, 9.17) is 10.5 Å². The van der Waals surface area contributed by atoms with Gasteiger partial charge in [-0.15, -0.1) is 12.4 Å². The second-order valence-electron chi connectivity index (χ2n) is 9.43. The summed E-state index contributed by atoms with van der Waals surface area (Å²) in [6, 6.07) is 3.90. The van der Waals surface area contributed by atoms with E-state index < -0.39 is 5.91 Å². The molecule has 6 atom stereocenters. The number of likely N-dealkylation sites (tertiary alicyclic amines) is 1. The summed E-state index contributed by atoms with van der Waals surface area (Å²) in [7, 11) is 1.84. The second-order valence-corrected chi connectivity index (χ2v) is 9.43. The number of nitrogens with zero attached hydrogens (tertiary/aromatic N) is 2. The molecule has 1 aliphatic heterocycles. The molecule has 0 radical (unpaired) electrons. The summed E-state index contributed by atoms with van der Waals surface area (Å²) >= 11 is 0.